The molecule has 0 spiro atoms. The van der Waals surface area contributed by atoms with Crippen molar-refractivity contribution in [3.63, 3.8) is 0 Å². The van der Waals surface area contributed by atoms with Crippen molar-refractivity contribution in [2.24, 2.45) is 5.90 Å². The lowest BCUT2D eigenvalue weighted by atomic mass is 10.1. The van der Waals surface area contributed by atoms with E-state index >= 15 is 0 Å². The Morgan fingerprint density at radius 2 is 1.94 bits per heavy atom. The van der Waals surface area contributed by atoms with Crippen LogP contribution in [0, 0.1) is 0 Å². The minimum atomic E-state index is -4.41. The van der Waals surface area contributed by atoms with Crippen LogP contribution in [0.3, 0.4) is 0 Å². The average molecular weight is 262 g/mol. The molecule has 100 valence electrons. The van der Waals surface area contributed by atoms with Gasteiger partial charge in [0.15, 0.2) is 0 Å². The number of halogens is 3. The lowest BCUT2D eigenvalue weighted by Gasteiger charge is -2.12. The highest BCUT2D eigenvalue weighted by molar-refractivity contribution is 5.94. The summed E-state index contributed by atoms with van der Waals surface area (Å²) in [7, 11) is 0. The van der Waals surface area contributed by atoms with Crippen molar-refractivity contribution in [2.45, 2.75) is 19.1 Å². The standard InChI is InChI=1S/C11H13F3N2O2/c1-7(6-18-15)16-10(17)8-2-4-9(5-3-8)11(12,13)14/h2-5,7H,6,15H2,1H3,(H,16,17). The lowest BCUT2D eigenvalue weighted by Crippen LogP contribution is -2.36. The van der Waals surface area contributed by atoms with Gasteiger partial charge in [-0.05, 0) is 31.2 Å². The molecule has 0 heterocycles. The van der Waals surface area contributed by atoms with E-state index in [1.54, 1.807) is 6.92 Å². The number of nitrogens with one attached hydrogen (secondary N) is 1. The van der Waals surface area contributed by atoms with E-state index in [9.17, 15) is 18.0 Å². The molecule has 0 aliphatic heterocycles. The smallest absolute Gasteiger partial charge is 0.347 e. The summed E-state index contributed by atoms with van der Waals surface area (Å²) in [4.78, 5) is 15.9. The second-order valence-electron chi connectivity index (χ2n) is 3.78. The fraction of sp³-hybridized carbons (Fsp3) is 0.364. The molecule has 18 heavy (non-hydrogen) atoms. The molecule has 0 saturated heterocycles. The first-order chi connectivity index (χ1) is 8.34. The van der Waals surface area contributed by atoms with Crippen molar-refractivity contribution in [3.8, 4) is 0 Å². The lowest BCUT2D eigenvalue weighted by molar-refractivity contribution is -0.137. The molecule has 3 N–H and O–H groups in total. The summed E-state index contributed by atoms with van der Waals surface area (Å²) in [5, 5.41) is 2.53. The van der Waals surface area contributed by atoms with E-state index in [-0.39, 0.29) is 18.2 Å². The van der Waals surface area contributed by atoms with Crippen LogP contribution in [0.15, 0.2) is 24.3 Å². The third-order valence-electron chi connectivity index (χ3n) is 2.20. The normalized spacial score (nSPS) is 13.2. The predicted molar refractivity (Wildman–Crippen MR) is 58.5 cm³/mol. The van der Waals surface area contributed by atoms with Gasteiger partial charge in [-0.2, -0.15) is 13.2 Å². The number of nitrogens with two attached hydrogens (primary N) is 1. The molecule has 0 aliphatic rings. The van der Waals surface area contributed by atoms with Crippen molar-refractivity contribution in [1.29, 1.82) is 0 Å². The van der Waals surface area contributed by atoms with Gasteiger partial charge in [-0.3, -0.25) is 4.79 Å². The number of carbonyl (C=O) groups excluding carboxylic acids is 1. The quantitative estimate of drug-likeness (QED) is 0.812. The monoisotopic (exact) mass is 262 g/mol. The Morgan fingerprint density at radius 1 is 1.39 bits per heavy atom. The summed E-state index contributed by atoms with van der Waals surface area (Å²) in [5.74, 6) is 4.36. The third-order valence-corrected chi connectivity index (χ3v) is 2.20. The van der Waals surface area contributed by atoms with Crippen molar-refractivity contribution in [1.82, 2.24) is 5.32 Å². The number of benzene rings is 1. The number of hydrogen-bond donors (Lipinski definition) is 2. The topological polar surface area (TPSA) is 64.3 Å². The summed E-state index contributed by atoms with van der Waals surface area (Å²) >= 11 is 0. The van der Waals surface area contributed by atoms with Crippen LogP contribution < -0.4 is 11.2 Å². The first kappa shape index (κ1) is 14.5. The maximum atomic E-state index is 12.3. The molecule has 1 aromatic carbocycles. The highest BCUT2D eigenvalue weighted by Gasteiger charge is 2.30. The number of hydrogen-bond acceptors (Lipinski definition) is 3. The fourth-order valence-corrected chi connectivity index (χ4v) is 1.30. The maximum Gasteiger partial charge on any atom is 0.416 e. The van der Waals surface area contributed by atoms with Crippen LogP contribution >= 0.6 is 0 Å². The average Bonchev–Trinajstić information content (AvgIpc) is 2.28. The van der Waals surface area contributed by atoms with E-state index in [4.69, 9.17) is 5.90 Å². The molecule has 4 nitrogen and oxygen atoms in total. The van der Waals surface area contributed by atoms with Crippen molar-refractivity contribution < 1.29 is 22.8 Å². The van der Waals surface area contributed by atoms with Crippen LogP contribution in [-0.4, -0.2) is 18.6 Å². The number of amides is 1. The molecular formula is C11H13F3N2O2. The molecule has 0 aliphatic carbocycles. The van der Waals surface area contributed by atoms with Gasteiger partial charge < -0.3 is 10.2 Å². The molecular weight excluding hydrogens is 249 g/mol. The van der Waals surface area contributed by atoms with E-state index in [1.165, 1.54) is 0 Å². The van der Waals surface area contributed by atoms with E-state index in [1.807, 2.05) is 0 Å². The van der Waals surface area contributed by atoms with Gasteiger partial charge in [0.05, 0.1) is 18.2 Å². The Labute approximate surface area is 102 Å². The van der Waals surface area contributed by atoms with E-state index < -0.39 is 17.6 Å². The Bertz CT molecular complexity index is 404. The van der Waals surface area contributed by atoms with Crippen LogP contribution in [0.25, 0.3) is 0 Å². The van der Waals surface area contributed by atoms with Crippen molar-refractivity contribution >= 4 is 5.91 Å². The fourth-order valence-electron chi connectivity index (χ4n) is 1.30. The van der Waals surface area contributed by atoms with E-state index in [2.05, 4.69) is 10.2 Å². The second kappa shape index (κ2) is 5.83. The maximum absolute atomic E-state index is 12.3. The Kier molecular flexibility index (Phi) is 4.69. The highest BCUT2D eigenvalue weighted by atomic mass is 19.4. The summed E-state index contributed by atoms with van der Waals surface area (Å²) in [6.45, 7) is 1.78. The van der Waals surface area contributed by atoms with Gasteiger partial charge in [0.25, 0.3) is 5.91 Å². The minimum Gasteiger partial charge on any atom is -0.347 e. The Morgan fingerprint density at radius 3 is 2.39 bits per heavy atom. The second-order valence-corrected chi connectivity index (χ2v) is 3.78. The number of rotatable bonds is 4. The van der Waals surface area contributed by atoms with Crippen LogP contribution in [-0.2, 0) is 11.0 Å². The first-order valence-corrected chi connectivity index (χ1v) is 5.14. The van der Waals surface area contributed by atoms with Crippen molar-refractivity contribution in [3.05, 3.63) is 35.4 Å². The summed E-state index contributed by atoms with van der Waals surface area (Å²) in [6.07, 6.45) is -4.41. The molecule has 1 rings (SSSR count). The largest absolute Gasteiger partial charge is 0.416 e. The van der Waals surface area contributed by atoms with Gasteiger partial charge in [0.1, 0.15) is 0 Å². The van der Waals surface area contributed by atoms with Gasteiger partial charge in [-0.1, -0.05) is 0 Å². The van der Waals surface area contributed by atoms with E-state index in [0.29, 0.717) is 0 Å². The van der Waals surface area contributed by atoms with Crippen molar-refractivity contribution in [2.75, 3.05) is 6.61 Å². The molecule has 1 unspecified atom stereocenters. The predicted octanol–water partition coefficient (Wildman–Crippen LogP) is 1.71. The molecule has 0 aromatic heterocycles. The highest BCUT2D eigenvalue weighted by Crippen LogP contribution is 2.29. The molecule has 1 amide bonds. The van der Waals surface area contributed by atoms with Crippen LogP contribution in [0.4, 0.5) is 13.2 Å². The molecule has 0 fully saturated rings. The van der Waals surface area contributed by atoms with Gasteiger partial charge >= 0.3 is 6.18 Å². The van der Waals surface area contributed by atoms with Crippen LogP contribution in [0.1, 0.15) is 22.8 Å². The third kappa shape index (κ3) is 4.01. The number of carbonyl (C=O) groups is 1. The number of alkyl halides is 3. The van der Waals surface area contributed by atoms with Gasteiger partial charge in [-0.25, -0.2) is 5.90 Å². The molecule has 0 bridgehead atoms. The Hall–Kier alpha value is -1.60. The van der Waals surface area contributed by atoms with Gasteiger partial charge in [-0.15, -0.1) is 0 Å². The SMILES string of the molecule is CC(CON)NC(=O)c1ccc(C(F)(F)F)cc1. The zero-order chi connectivity index (χ0) is 13.8. The van der Waals surface area contributed by atoms with E-state index in [0.717, 1.165) is 24.3 Å². The zero-order valence-electron chi connectivity index (χ0n) is 9.62. The molecule has 1 aromatic rings. The zero-order valence-corrected chi connectivity index (χ0v) is 9.62. The molecule has 0 saturated carbocycles. The summed E-state index contributed by atoms with van der Waals surface area (Å²) in [5.41, 5.74) is -0.649. The minimum absolute atomic E-state index is 0.117. The van der Waals surface area contributed by atoms with Crippen LogP contribution in [0.2, 0.25) is 0 Å². The summed E-state index contributed by atoms with van der Waals surface area (Å²) < 4.78 is 36.9. The summed E-state index contributed by atoms with van der Waals surface area (Å²) in [6, 6.07) is 3.63. The molecule has 0 radical (unpaired) electrons. The van der Waals surface area contributed by atoms with Crippen LogP contribution in [0.5, 0.6) is 0 Å². The van der Waals surface area contributed by atoms with Gasteiger partial charge in [0.2, 0.25) is 0 Å². The van der Waals surface area contributed by atoms with Gasteiger partial charge in [0, 0.05) is 5.56 Å². The molecule has 1 atom stereocenters. The Balaban J connectivity index is 2.71. The first-order valence-electron chi connectivity index (χ1n) is 5.14. The molecule has 7 heteroatoms.